The van der Waals surface area contributed by atoms with E-state index < -0.39 is 11.7 Å². The molecule has 11 heteroatoms. The standard InChI is InChI=1S/C19H18F3N5O2S/c1-29-14-6-16(30-11-14)18(28)24-7-12-8-25-27-5-4-26(10-15(12)27)17-3-2-13(9-23-17)19(20,21)22/h2-3,6,8-9,11H,4-5,7,10H2,1H3,(H,24,28). The van der Waals surface area contributed by atoms with Gasteiger partial charge in [0, 0.05) is 36.3 Å². The lowest BCUT2D eigenvalue weighted by Gasteiger charge is -2.29. The van der Waals surface area contributed by atoms with Crippen molar-refractivity contribution in [1.29, 1.82) is 0 Å². The van der Waals surface area contributed by atoms with E-state index in [2.05, 4.69) is 15.4 Å². The maximum absolute atomic E-state index is 12.8. The molecular weight excluding hydrogens is 419 g/mol. The summed E-state index contributed by atoms with van der Waals surface area (Å²) in [6, 6.07) is 4.08. The maximum Gasteiger partial charge on any atom is 0.417 e. The summed E-state index contributed by atoms with van der Waals surface area (Å²) in [6.45, 7) is 1.89. The van der Waals surface area contributed by atoms with E-state index in [0.717, 1.165) is 23.5 Å². The van der Waals surface area contributed by atoms with Gasteiger partial charge in [-0.25, -0.2) is 4.98 Å². The van der Waals surface area contributed by atoms with E-state index in [0.29, 0.717) is 42.6 Å². The predicted octanol–water partition coefficient (Wildman–Crippen LogP) is 3.32. The van der Waals surface area contributed by atoms with Crippen LogP contribution < -0.4 is 15.0 Å². The summed E-state index contributed by atoms with van der Waals surface area (Å²) in [6.07, 6.45) is -1.87. The number of halogens is 3. The quantitative estimate of drug-likeness (QED) is 0.663. The Balaban J connectivity index is 1.44. The highest BCUT2D eigenvalue weighted by molar-refractivity contribution is 7.12. The molecule has 3 aromatic rings. The summed E-state index contributed by atoms with van der Waals surface area (Å²) >= 11 is 1.29. The number of thiophene rings is 1. The van der Waals surface area contributed by atoms with Gasteiger partial charge in [-0.15, -0.1) is 11.3 Å². The van der Waals surface area contributed by atoms with Gasteiger partial charge in [-0.2, -0.15) is 18.3 Å². The van der Waals surface area contributed by atoms with Gasteiger partial charge in [0.25, 0.3) is 5.91 Å². The number of nitrogens with zero attached hydrogens (tertiary/aromatic N) is 4. The Bertz CT molecular complexity index is 1050. The Kier molecular flexibility index (Phi) is 5.37. The number of rotatable bonds is 5. The highest BCUT2D eigenvalue weighted by Crippen LogP contribution is 2.30. The second kappa shape index (κ2) is 7.98. The van der Waals surface area contributed by atoms with Crippen LogP contribution in [-0.4, -0.2) is 34.3 Å². The first-order valence-electron chi connectivity index (χ1n) is 9.07. The Morgan fingerprint density at radius 3 is 2.80 bits per heavy atom. The van der Waals surface area contributed by atoms with Crippen molar-refractivity contribution in [2.45, 2.75) is 25.8 Å². The zero-order valence-electron chi connectivity index (χ0n) is 15.9. The Morgan fingerprint density at radius 1 is 1.30 bits per heavy atom. The molecule has 0 atom stereocenters. The smallest absolute Gasteiger partial charge is 0.417 e. The molecule has 0 aliphatic carbocycles. The van der Waals surface area contributed by atoms with E-state index >= 15 is 0 Å². The average molecular weight is 437 g/mol. The molecule has 4 rings (SSSR count). The number of carbonyl (C=O) groups is 1. The molecule has 30 heavy (non-hydrogen) atoms. The molecule has 1 N–H and O–H groups in total. The Labute approximate surface area is 174 Å². The first-order chi connectivity index (χ1) is 14.3. The van der Waals surface area contributed by atoms with Crippen LogP contribution in [0.2, 0.25) is 0 Å². The molecule has 0 bridgehead atoms. The van der Waals surface area contributed by atoms with Crippen LogP contribution in [0.5, 0.6) is 5.75 Å². The van der Waals surface area contributed by atoms with E-state index in [1.807, 2.05) is 9.58 Å². The van der Waals surface area contributed by atoms with Crippen molar-refractivity contribution in [3.05, 3.63) is 57.7 Å². The second-order valence-electron chi connectivity index (χ2n) is 6.70. The van der Waals surface area contributed by atoms with Gasteiger partial charge in [-0.05, 0) is 12.1 Å². The number of amides is 1. The lowest BCUT2D eigenvalue weighted by Crippen LogP contribution is -2.35. The number of methoxy groups -OCH3 is 1. The third-order valence-electron chi connectivity index (χ3n) is 4.83. The van der Waals surface area contributed by atoms with E-state index in [9.17, 15) is 18.0 Å². The summed E-state index contributed by atoms with van der Waals surface area (Å²) in [5, 5.41) is 8.98. The topological polar surface area (TPSA) is 72.3 Å². The van der Waals surface area contributed by atoms with Crippen LogP contribution in [0.4, 0.5) is 19.0 Å². The minimum Gasteiger partial charge on any atom is -0.496 e. The lowest BCUT2D eigenvalue weighted by atomic mass is 10.2. The largest absolute Gasteiger partial charge is 0.496 e. The van der Waals surface area contributed by atoms with E-state index in [4.69, 9.17) is 4.74 Å². The normalized spacial score (nSPS) is 13.8. The minimum atomic E-state index is -4.41. The van der Waals surface area contributed by atoms with Crippen molar-refractivity contribution in [2.75, 3.05) is 18.6 Å². The highest BCUT2D eigenvalue weighted by Gasteiger charge is 2.31. The predicted molar refractivity (Wildman–Crippen MR) is 105 cm³/mol. The van der Waals surface area contributed by atoms with Crippen LogP contribution in [0.25, 0.3) is 0 Å². The van der Waals surface area contributed by atoms with Crippen LogP contribution in [0.1, 0.15) is 26.5 Å². The van der Waals surface area contributed by atoms with Crippen LogP contribution in [0.15, 0.2) is 36.0 Å². The molecule has 4 heterocycles. The van der Waals surface area contributed by atoms with Crippen LogP contribution in [-0.2, 0) is 25.8 Å². The molecule has 0 saturated carbocycles. The van der Waals surface area contributed by atoms with Crippen molar-refractivity contribution in [1.82, 2.24) is 20.1 Å². The molecule has 0 unspecified atom stereocenters. The van der Waals surface area contributed by atoms with Crippen molar-refractivity contribution in [2.24, 2.45) is 0 Å². The minimum absolute atomic E-state index is 0.208. The molecule has 1 amide bonds. The first-order valence-corrected chi connectivity index (χ1v) is 9.95. The molecule has 0 fully saturated rings. The monoisotopic (exact) mass is 437 g/mol. The van der Waals surface area contributed by atoms with Crippen molar-refractivity contribution < 1.29 is 22.7 Å². The highest BCUT2D eigenvalue weighted by atomic mass is 32.1. The van der Waals surface area contributed by atoms with Crippen LogP contribution >= 0.6 is 11.3 Å². The van der Waals surface area contributed by atoms with Gasteiger partial charge < -0.3 is 15.0 Å². The summed E-state index contributed by atoms with van der Waals surface area (Å²) in [5.74, 6) is 0.893. The lowest BCUT2D eigenvalue weighted by molar-refractivity contribution is -0.137. The van der Waals surface area contributed by atoms with Crippen molar-refractivity contribution in [3.8, 4) is 5.75 Å². The second-order valence-corrected chi connectivity index (χ2v) is 7.61. The van der Waals surface area contributed by atoms with Gasteiger partial charge in [-0.3, -0.25) is 9.48 Å². The maximum atomic E-state index is 12.8. The fourth-order valence-corrected chi connectivity index (χ4v) is 3.96. The van der Waals surface area contributed by atoms with Gasteiger partial charge in [-0.1, -0.05) is 0 Å². The number of fused-ring (bicyclic) bond motifs is 1. The zero-order valence-corrected chi connectivity index (χ0v) is 16.8. The molecule has 0 radical (unpaired) electrons. The van der Waals surface area contributed by atoms with Crippen molar-refractivity contribution >= 4 is 23.1 Å². The van der Waals surface area contributed by atoms with Crippen LogP contribution in [0, 0.1) is 0 Å². The van der Waals surface area contributed by atoms with Gasteiger partial charge in [0.2, 0.25) is 0 Å². The van der Waals surface area contributed by atoms with Gasteiger partial charge in [0.05, 0.1) is 42.5 Å². The fraction of sp³-hybridized carbons (Fsp3) is 0.316. The Hall–Kier alpha value is -3.08. The van der Waals surface area contributed by atoms with E-state index in [-0.39, 0.29) is 5.91 Å². The molecule has 0 aromatic carbocycles. The number of aromatic nitrogens is 3. The molecule has 0 saturated heterocycles. The SMILES string of the molecule is COc1csc(C(=O)NCc2cnn3c2CN(c2ccc(C(F)(F)F)cn2)CC3)c1. The van der Waals surface area contributed by atoms with Gasteiger partial charge in [0.1, 0.15) is 11.6 Å². The first kappa shape index (κ1) is 20.2. The number of alkyl halides is 3. The third kappa shape index (κ3) is 4.11. The zero-order chi connectivity index (χ0) is 21.3. The number of carbonyl (C=O) groups excluding carboxylic acids is 1. The van der Waals surface area contributed by atoms with Crippen molar-refractivity contribution in [3.63, 3.8) is 0 Å². The molecular formula is C19H18F3N5O2S. The summed E-state index contributed by atoms with van der Waals surface area (Å²) in [4.78, 5) is 18.8. The van der Waals surface area contributed by atoms with E-state index in [1.165, 1.54) is 17.4 Å². The molecule has 1 aliphatic heterocycles. The molecule has 7 nitrogen and oxygen atoms in total. The van der Waals surface area contributed by atoms with Gasteiger partial charge in [0.15, 0.2) is 0 Å². The number of hydrogen-bond acceptors (Lipinski definition) is 6. The number of pyridine rings is 1. The number of ether oxygens (including phenoxy) is 1. The Morgan fingerprint density at radius 2 is 2.13 bits per heavy atom. The summed E-state index contributed by atoms with van der Waals surface area (Å²) in [5.41, 5.74) is 0.970. The molecule has 0 spiro atoms. The molecule has 158 valence electrons. The number of hydrogen-bond donors (Lipinski definition) is 1. The number of nitrogens with one attached hydrogen (secondary N) is 1. The van der Waals surface area contributed by atoms with Crippen LogP contribution in [0.3, 0.4) is 0 Å². The van der Waals surface area contributed by atoms with Gasteiger partial charge >= 0.3 is 6.18 Å². The average Bonchev–Trinajstić information content (AvgIpc) is 3.38. The number of anilines is 1. The summed E-state index contributed by atoms with van der Waals surface area (Å²) < 4.78 is 45.2. The van der Waals surface area contributed by atoms with E-state index in [1.54, 1.807) is 24.8 Å². The fourth-order valence-electron chi connectivity index (χ4n) is 3.19. The molecule has 1 aliphatic rings. The molecule has 3 aromatic heterocycles. The third-order valence-corrected chi connectivity index (χ3v) is 5.74. The summed E-state index contributed by atoms with van der Waals surface area (Å²) in [7, 11) is 1.54.